The standard InChI is InChI=1S/C71H138O17P2/c1-6-9-12-15-17-19-21-22-23-26-29-33-36-40-45-50-55-69(74)82-61-67(88-71(76)57-52-47-42-38-34-30-27-24-25-28-32-35-39-44-48-53-64(4)5)63-86-90(79,80)84-59-65(72)58-83-89(77,78)85-62-66(60-81-68(73)54-49-43-14-11-8-3)87-70(75)56-51-46-41-37-31-20-18-16-13-10-7-2/h64-67,72H,6-63H2,1-5H3,(H,77,78)(H,79,80)/t65-,66+,67+/m0/s1. The van der Waals surface area contributed by atoms with Gasteiger partial charge in [-0.05, 0) is 31.6 Å². The molecule has 0 rings (SSSR count). The third-order valence-electron chi connectivity index (χ3n) is 16.5. The molecular formula is C71H138O17P2. The molecule has 0 fully saturated rings. The number of aliphatic hydroxyl groups excluding tert-OH is 1. The zero-order chi connectivity index (χ0) is 66.3. The minimum absolute atomic E-state index is 0.106. The molecule has 0 saturated heterocycles. The molecule has 19 heteroatoms. The van der Waals surface area contributed by atoms with Crippen LogP contribution in [0, 0.1) is 5.92 Å². The number of unbranched alkanes of at least 4 members (excludes halogenated alkanes) is 43. The topological polar surface area (TPSA) is 237 Å². The van der Waals surface area contributed by atoms with Crippen LogP contribution < -0.4 is 0 Å². The highest BCUT2D eigenvalue weighted by Crippen LogP contribution is 2.45. The van der Waals surface area contributed by atoms with E-state index in [1.54, 1.807) is 0 Å². The van der Waals surface area contributed by atoms with Gasteiger partial charge in [-0.3, -0.25) is 37.3 Å². The van der Waals surface area contributed by atoms with Crippen LogP contribution in [-0.4, -0.2) is 96.7 Å². The van der Waals surface area contributed by atoms with E-state index in [0.29, 0.717) is 25.7 Å². The van der Waals surface area contributed by atoms with Crippen molar-refractivity contribution < 1.29 is 80.2 Å². The number of phosphoric ester groups is 2. The molecule has 0 aromatic rings. The van der Waals surface area contributed by atoms with Crippen LogP contribution in [0.2, 0.25) is 0 Å². The molecule has 0 aromatic heterocycles. The maximum atomic E-state index is 13.0. The second-order valence-electron chi connectivity index (χ2n) is 26.1. The quantitative estimate of drug-likeness (QED) is 0.0222. The van der Waals surface area contributed by atoms with Crippen molar-refractivity contribution in [3.8, 4) is 0 Å². The Balaban J connectivity index is 5.15. The fourth-order valence-electron chi connectivity index (χ4n) is 10.8. The van der Waals surface area contributed by atoms with E-state index >= 15 is 0 Å². The van der Waals surface area contributed by atoms with Gasteiger partial charge >= 0.3 is 39.5 Å². The Morgan fingerprint density at radius 2 is 0.511 bits per heavy atom. The molecule has 0 radical (unpaired) electrons. The van der Waals surface area contributed by atoms with Crippen molar-refractivity contribution >= 4 is 39.5 Å². The monoisotopic (exact) mass is 1320 g/mol. The molecule has 0 aliphatic rings. The van der Waals surface area contributed by atoms with E-state index in [1.807, 2.05) is 0 Å². The summed E-state index contributed by atoms with van der Waals surface area (Å²) in [6.45, 7) is 7.19. The van der Waals surface area contributed by atoms with Crippen molar-refractivity contribution in [2.24, 2.45) is 5.92 Å². The van der Waals surface area contributed by atoms with Gasteiger partial charge in [0, 0.05) is 25.7 Å². The van der Waals surface area contributed by atoms with Crippen molar-refractivity contribution in [1.29, 1.82) is 0 Å². The summed E-state index contributed by atoms with van der Waals surface area (Å²) in [5.41, 5.74) is 0. The Labute approximate surface area is 549 Å². The van der Waals surface area contributed by atoms with Gasteiger partial charge in [-0.15, -0.1) is 0 Å². The van der Waals surface area contributed by atoms with E-state index in [1.165, 1.54) is 186 Å². The lowest BCUT2D eigenvalue weighted by Crippen LogP contribution is -2.30. The molecule has 534 valence electrons. The summed E-state index contributed by atoms with van der Waals surface area (Å²) in [4.78, 5) is 72.3. The third kappa shape index (κ3) is 64.8. The minimum atomic E-state index is -4.95. The van der Waals surface area contributed by atoms with Crippen LogP contribution >= 0.6 is 15.6 Å². The summed E-state index contributed by atoms with van der Waals surface area (Å²) in [5.74, 6) is -1.33. The molecule has 0 aromatic carbocycles. The fourth-order valence-corrected chi connectivity index (χ4v) is 12.4. The summed E-state index contributed by atoms with van der Waals surface area (Å²) in [6, 6.07) is 0. The first-order chi connectivity index (χ1) is 43.5. The Morgan fingerprint density at radius 3 is 0.756 bits per heavy atom. The number of carbonyl (C=O) groups is 4. The van der Waals surface area contributed by atoms with Crippen LogP contribution in [0.1, 0.15) is 369 Å². The lowest BCUT2D eigenvalue weighted by Gasteiger charge is -2.21. The molecule has 2 unspecified atom stereocenters. The predicted octanol–water partition coefficient (Wildman–Crippen LogP) is 20.5. The Kier molecular flexibility index (Phi) is 63.0. The van der Waals surface area contributed by atoms with E-state index in [9.17, 15) is 43.2 Å². The first-order valence-electron chi connectivity index (χ1n) is 37.1. The minimum Gasteiger partial charge on any atom is -0.462 e. The molecule has 0 heterocycles. The molecule has 0 aliphatic carbocycles. The summed E-state index contributed by atoms with van der Waals surface area (Å²) in [5, 5.41) is 10.6. The summed E-state index contributed by atoms with van der Waals surface area (Å²) >= 11 is 0. The van der Waals surface area contributed by atoms with Gasteiger partial charge in [0.1, 0.15) is 19.3 Å². The van der Waals surface area contributed by atoms with Crippen LogP contribution in [0.5, 0.6) is 0 Å². The van der Waals surface area contributed by atoms with E-state index in [2.05, 4.69) is 34.6 Å². The van der Waals surface area contributed by atoms with Gasteiger partial charge < -0.3 is 33.8 Å². The molecule has 0 bridgehead atoms. The number of ether oxygens (including phenoxy) is 4. The van der Waals surface area contributed by atoms with Crippen LogP contribution in [0.15, 0.2) is 0 Å². The predicted molar refractivity (Wildman–Crippen MR) is 363 cm³/mol. The summed E-state index contributed by atoms with van der Waals surface area (Å²) in [7, 11) is -9.89. The van der Waals surface area contributed by atoms with Gasteiger partial charge in [-0.2, -0.15) is 0 Å². The van der Waals surface area contributed by atoms with Crippen molar-refractivity contribution in [1.82, 2.24) is 0 Å². The number of hydrogen-bond acceptors (Lipinski definition) is 15. The summed E-state index contributed by atoms with van der Waals surface area (Å²) < 4.78 is 68.1. The molecule has 0 amide bonds. The highest BCUT2D eigenvalue weighted by Gasteiger charge is 2.30. The van der Waals surface area contributed by atoms with E-state index < -0.39 is 97.5 Å². The third-order valence-corrected chi connectivity index (χ3v) is 18.4. The van der Waals surface area contributed by atoms with Gasteiger partial charge in [0.15, 0.2) is 12.2 Å². The molecule has 17 nitrogen and oxygen atoms in total. The molecule has 0 saturated carbocycles. The average molecular weight is 1330 g/mol. The maximum absolute atomic E-state index is 13.0. The lowest BCUT2D eigenvalue weighted by molar-refractivity contribution is -0.161. The van der Waals surface area contributed by atoms with Gasteiger partial charge in [0.25, 0.3) is 0 Å². The molecular weight excluding hydrogens is 1190 g/mol. The average Bonchev–Trinajstić information content (AvgIpc) is 3.05. The van der Waals surface area contributed by atoms with E-state index in [4.69, 9.17) is 37.0 Å². The number of aliphatic hydroxyl groups is 1. The molecule has 0 aliphatic heterocycles. The SMILES string of the molecule is CCCCCCCCCCCCCCCCCCC(=O)OC[C@H](COP(=O)(O)OC[C@@H](O)COP(=O)(O)OC[C@@H](COC(=O)CCCCCCC)OC(=O)CCCCCCCCCCCCC)OC(=O)CCCCCCCCCCCCCCCCCC(C)C. The highest BCUT2D eigenvalue weighted by molar-refractivity contribution is 7.47. The van der Waals surface area contributed by atoms with Crippen molar-refractivity contribution in [2.75, 3.05) is 39.6 Å². The number of phosphoric acid groups is 2. The van der Waals surface area contributed by atoms with Gasteiger partial charge in [-0.1, -0.05) is 317 Å². The molecule has 5 atom stereocenters. The normalized spacial score (nSPS) is 14.1. The van der Waals surface area contributed by atoms with Crippen molar-refractivity contribution in [3.05, 3.63) is 0 Å². The first-order valence-corrected chi connectivity index (χ1v) is 40.1. The molecule has 90 heavy (non-hydrogen) atoms. The van der Waals surface area contributed by atoms with Crippen LogP contribution in [-0.2, 0) is 65.4 Å². The van der Waals surface area contributed by atoms with Gasteiger partial charge in [0.05, 0.1) is 26.4 Å². The van der Waals surface area contributed by atoms with Crippen LogP contribution in [0.4, 0.5) is 0 Å². The highest BCUT2D eigenvalue weighted by atomic mass is 31.2. The fraction of sp³-hybridized carbons (Fsp3) is 0.944. The number of esters is 4. The smallest absolute Gasteiger partial charge is 0.462 e. The zero-order valence-electron chi connectivity index (χ0n) is 58.3. The molecule has 3 N–H and O–H groups in total. The van der Waals surface area contributed by atoms with Crippen molar-refractivity contribution in [3.63, 3.8) is 0 Å². The van der Waals surface area contributed by atoms with Crippen molar-refractivity contribution in [2.45, 2.75) is 387 Å². The Morgan fingerprint density at radius 1 is 0.300 bits per heavy atom. The van der Waals surface area contributed by atoms with Gasteiger partial charge in [-0.25, -0.2) is 9.13 Å². The van der Waals surface area contributed by atoms with E-state index in [0.717, 1.165) is 102 Å². The first kappa shape index (κ1) is 88.1. The molecule has 0 spiro atoms. The lowest BCUT2D eigenvalue weighted by atomic mass is 10.0. The number of hydrogen-bond donors (Lipinski definition) is 3. The zero-order valence-corrected chi connectivity index (χ0v) is 60.1. The largest absolute Gasteiger partial charge is 0.472 e. The van der Waals surface area contributed by atoms with E-state index in [-0.39, 0.29) is 25.7 Å². The summed E-state index contributed by atoms with van der Waals surface area (Å²) in [6.07, 6.45) is 51.7. The Hall–Kier alpha value is -1.94. The second kappa shape index (κ2) is 64.4. The van der Waals surface area contributed by atoms with Crippen LogP contribution in [0.3, 0.4) is 0 Å². The van der Waals surface area contributed by atoms with Crippen LogP contribution in [0.25, 0.3) is 0 Å². The Bertz CT molecular complexity index is 1740. The number of carbonyl (C=O) groups excluding carboxylic acids is 4. The maximum Gasteiger partial charge on any atom is 0.472 e. The van der Waals surface area contributed by atoms with Gasteiger partial charge in [0.2, 0.25) is 0 Å². The number of rotatable bonds is 71. The second-order valence-corrected chi connectivity index (χ2v) is 29.0.